The highest BCUT2D eigenvalue weighted by molar-refractivity contribution is 5.86. The van der Waals surface area contributed by atoms with Gasteiger partial charge in [-0.05, 0) is 50.3 Å². The molecule has 0 fully saturated rings. The predicted octanol–water partition coefficient (Wildman–Crippen LogP) is 2.86. The SMILES string of the molecule is CCOC(=O)[C@@H](NC(=O)Cc1c(C)cc(C)cc1C)C(C)C. The van der Waals surface area contributed by atoms with E-state index in [0.717, 1.165) is 16.7 Å². The molecule has 0 radical (unpaired) electrons. The molecule has 0 spiro atoms. The molecule has 4 heteroatoms. The Balaban J connectivity index is 2.82. The molecule has 1 aromatic rings. The van der Waals surface area contributed by atoms with Crippen molar-refractivity contribution in [2.24, 2.45) is 5.92 Å². The van der Waals surface area contributed by atoms with Crippen molar-refractivity contribution in [1.82, 2.24) is 5.32 Å². The fourth-order valence-electron chi connectivity index (χ4n) is 2.60. The van der Waals surface area contributed by atoms with E-state index >= 15 is 0 Å². The maximum atomic E-state index is 12.3. The van der Waals surface area contributed by atoms with Crippen molar-refractivity contribution in [3.8, 4) is 0 Å². The topological polar surface area (TPSA) is 55.4 Å². The van der Waals surface area contributed by atoms with Gasteiger partial charge in [0.1, 0.15) is 6.04 Å². The summed E-state index contributed by atoms with van der Waals surface area (Å²) in [5, 5.41) is 2.81. The lowest BCUT2D eigenvalue weighted by molar-refractivity contribution is -0.148. The average Bonchev–Trinajstić information content (AvgIpc) is 2.40. The second-order valence-electron chi connectivity index (χ2n) is 6.10. The monoisotopic (exact) mass is 305 g/mol. The van der Waals surface area contributed by atoms with Gasteiger partial charge in [0.05, 0.1) is 13.0 Å². The first-order chi connectivity index (χ1) is 10.3. The Hall–Kier alpha value is -1.84. The molecule has 1 amide bonds. The van der Waals surface area contributed by atoms with Crippen LogP contribution in [-0.2, 0) is 20.7 Å². The molecule has 4 nitrogen and oxygen atoms in total. The Morgan fingerprint density at radius 2 is 1.68 bits per heavy atom. The molecular formula is C18H27NO3. The second-order valence-corrected chi connectivity index (χ2v) is 6.10. The summed E-state index contributed by atoms with van der Waals surface area (Å²) in [7, 11) is 0. The molecular weight excluding hydrogens is 278 g/mol. The molecule has 0 aliphatic heterocycles. The van der Waals surface area contributed by atoms with Crippen molar-refractivity contribution in [2.45, 2.75) is 54.0 Å². The zero-order chi connectivity index (χ0) is 16.9. The number of hydrogen-bond donors (Lipinski definition) is 1. The van der Waals surface area contributed by atoms with Crippen LogP contribution in [0.4, 0.5) is 0 Å². The summed E-state index contributed by atoms with van der Waals surface area (Å²) in [4.78, 5) is 24.2. The van der Waals surface area contributed by atoms with Gasteiger partial charge in [0.2, 0.25) is 5.91 Å². The molecule has 1 atom stereocenters. The van der Waals surface area contributed by atoms with Crippen LogP contribution in [-0.4, -0.2) is 24.5 Å². The van der Waals surface area contributed by atoms with Gasteiger partial charge in [-0.1, -0.05) is 31.5 Å². The molecule has 0 unspecified atom stereocenters. The zero-order valence-electron chi connectivity index (χ0n) is 14.4. The Labute approximate surface area is 133 Å². The molecule has 0 saturated carbocycles. The molecule has 1 rings (SSSR count). The number of benzene rings is 1. The van der Waals surface area contributed by atoms with Crippen LogP contribution in [0, 0.1) is 26.7 Å². The number of rotatable bonds is 6. The minimum absolute atomic E-state index is 0.0109. The minimum Gasteiger partial charge on any atom is -0.464 e. The highest BCUT2D eigenvalue weighted by Gasteiger charge is 2.25. The first kappa shape index (κ1) is 18.2. The van der Waals surface area contributed by atoms with E-state index in [1.165, 1.54) is 5.56 Å². The van der Waals surface area contributed by atoms with Gasteiger partial charge < -0.3 is 10.1 Å². The number of esters is 1. The van der Waals surface area contributed by atoms with Crippen LogP contribution in [0.1, 0.15) is 43.0 Å². The minimum atomic E-state index is -0.599. The molecule has 0 aliphatic rings. The highest BCUT2D eigenvalue weighted by atomic mass is 16.5. The predicted molar refractivity (Wildman–Crippen MR) is 87.8 cm³/mol. The fraction of sp³-hybridized carbons (Fsp3) is 0.556. The lowest BCUT2D eigenvalue weighted by Gasteiger charge is -2.21. The number of aryl methyl sites for hydroxylation is 3. The number of nitrogens with one attached hydrogen (secondary N) is 1. The molecule has 0 heterocycles. The van der Waals surface area contributed by atoms with E-state index in [4.69, 9.17) is 4.74 Å². The van der Waals surface area contributed by atoms with Gasteiger partial charge in [0.15, 0.2) is 0 Å². The highest BCUT2D eigenvalue weighted by Crippen LogP contribution is 2.17. The van der Waals surface area contributed by atoms with Crippen LogP contribution < -0.4 is 5.32 Å². The lowest BCUT2D eigenvalue weighted by Crippen LogP contribution is -2.46. The normalized spacial score (nSPS) is 12.1. The van der Waals surface area contributed by atoms with Gasteiger partial charge >= 0.3 is 5.97 Å². The molecule has 0 saturated heterocycles. The Morgan fingerprint density at radius 1 is 1.14 bits per heavy atom. The number of amides is 1. The van der Waals surface area contributed by atoms with Crippen molar-refractivity contribution in [3.05, 3.63) is 34.4 Å². The van der Waals surface area contributed by atoms with Crippen LogP contribution in [0.5, 0.6) is 0 Å². The summed E-state index contributed by atoms with van der Waals surface area (Å²) in [6.45, 7) is 11.9. The quantitative estimate of drug-likeness (QED) is 0.822. The first-order valence-electron chi connectivity index (χ1n) is 7.79. The van der Waals surface area contributed by atoms with Crippen LogP contribution in [0.15, 0.2) is 12.1 Å². The van der Waals surface area contributed by atoms with Crippen molar-refractivity contribution in [3.63, 3.8) is 0 Å². The van der Waals surface area contributed by atoms with E-state index in [9.17, 15) is 9.59 Å². The molecule has 1 aromatic carbocycles. The summed E-state index contributed by atoms with van der Waals surface area (Å²) in [6.07, 6.45) is 0.278. The molecule has 0 aromatic heterocycles. The van der Waals surface area contributed by atoms with Gasteiger partial charge in [-0.2, -0.15) is 0 Å². The maximum Gasteiger partial charge on any atom is 0.328 e. The van der Waals surface area contributed by atoms with Crippen molar-refractivity contribution < 1.29 is 14.3 Å². The summed E-state index contributed by atoms with van der Waals surface area (Å²) in [5.41, 5.74) is 4.41. The molecule has 0 aliphatic carbocycles. The first-order valence-corrected chi connectivity index (χ1v) is 7.79. The Bertz CT molecular complexity index is 526. The molecule has 0 bridgehead atoms. The Morgan fingerprint density at radius 3 is 2.14 bits per heavy atom. The number of carbonyl (C=O) groups is 2. The largest absolute Gasteiger partial charge is 0.464 e. The third kappa shape index (κ3) is 4.86. The smallest absolute Gasteiger partial charge is 0.328 e. The van der Waals surface area contributed by atoms with Crippen molar-refractivity contribution in [2.75, 3.05) is 6.61 Å². The third-order valence-electron chi connectivity index (χ3n) is 3.70. The van der Waals surface area contributed by atoms with E-state index in [-0.39, 0.29) is 24.2 Å². The van der Waals surface area contributed by atoms with Crippen LogP contribution in [0.25, 0.3) is 0 Å². The van der Waals surface area contributed by atoms with Crippen molar-refractivity contribution >= 4 is 11.9 Å². The van der Waals surface area contributed by atoms with Crippen LogP contribution in [0.2, 0.25) is 0 Å². The number of ether oxygens (including phenoxy) is 1. The summed E-state index contributed by atoms with van der Waals surface area (Å²) < 4.78 is 5.03. The van der Waals surface area contributed by atoms with Crippen LogP contribution in [0.3, 0.4) is 0 Å². The summed E-state index contributed by atoms with van der Waals surface area (Å²) in [6, 6.07) is 3.54. The van der Waals surface area contributed by atoms with Gasteiger partial charge in [0.25, 0.3) is 0 Å². The average molecular weight is 305 g/mol. The summed E-state index contributed by atoms with van der Waals surface area (Å²) in [5.74, 6) is -0.534. The van der Waals surface area contributed by atoms with Gasteiger partial charge in [0, 0.05) is 0 Å². The molecule has 122 valence electrons. The van der Waals surface area contributed by atoms with Gasteiger partial charge in [-0.3, -0.25) is 4.79 Å². The Kier molecular flexibility index (Phi) is 6.60. The zero-order valence-corrected chi connectivity index (χ0v) is 14.4. The third-order valence-corrected chi connectivity index (χ3v) is 3.70. The van der Waals surface area contributed by atoms with Gasteiger partial charge in [-0.15, -0.1) is 0 Å². The molecule has 22 heavy (non-hydrogen) atoms. The second kappa shape index (κ2) is 7.97. The van der Waals surface area contributed by atoms with Gasteiger partial charge in [-0.25, -0.2) is 4.79 Å². The summed E-state index contributed by atoms with van der Waals surface area (Å²) >= 11 is 0. The maximum absolute atomic E-state index is 12.3. The molecule has 1 N–H and O–H groups in total. The van der Waals surface area contributed by atoms with E-state index in [1.54, 1.807) is 6.92 Å². The number of hydrogen-bond acceptors (Lipinski definition) is 3. The standard InChI is InChI=1S/C18H27NO3/c1-7-22-18(21)17(11(2)3)19-16(20)10-15-13(5)8-12(4)9-14(15)6/h8-9,11,17H,7,10H2,1-6H3,(H,19,20)/t17-/m0/s1. The number of carbonyl (C=O) groups excluding carboxylic acids is 2. The fourth-order valence-corrected chi connectivity index (χ4v) is 2.60. The van der Waals surface area contributed by atoms with Crippen LogP contribution >= 0.6 is 0 Å². The van der Waals surface area contributed by atoms with E-state index in [1.807, 2.05) is 34.6 Å². The lowest BCUT2D eigenvalue weighted by atomic mass is 9.96. The van der Waals surface area contributed by atoms with E-state index in [2.05, 4.69) is 17.4 Å². The van der Waals surface area contributed by atoms with E-state index < -0.39 is 6.04 Å². The van der Waals surface area contributed by atoms with E-state index in [0.29, 0.717) is 6.61 Å². The van der Waals surface area contributed by atoms with Crippen molar-refractivity contribution in [1.29, 1.82) is 0 Å².